The van der Waals surface area contributed by atoms with E-state index in [9.17, 15) is 0 Å². The molecule has 0 unspecified atom stereocenters. The van der Waals surface area contributed by atoms with Gasteiger partial charge in [-0.1, -0.05) is 6.07 Å². The van der Waals surface area contributed by atoms with Crippen LogP contribution in [0, 0.1) is 0 Å². The number of anilines is 1. The van der Waals surface area contributed by atoms with E-state index in [1.165, 1.54) is 0 Å². The third kappa shape index (κ3) is 1.61. The summed E-state index contributed by atoms with van der Waals surface area (Å²) < 4.78 is 11.0. The highest BCUT2D eigenvalue weighted by atomic mass is 32.1. The Balaban J connectivity index is 2.02. The highest BCUT2D eigenvalue weighted by Gasteiger charge is 2.12. The molecule has 0 saturated carbocycles. The topological polar surface area (TPSA) is 44.5 Å². The lowest BCUT2D eigenvalue weighted by Crippen LogP contribution is -2.15. The number of ether oxygens (including phenoxy) is 2. The molecule has 1 aromatic heterocycles. The Kier molecular flexibility index (Phi) is 2.22. The molecule has 0 aliphatic carbocycles. The van der Waals surface area contributed by atoms with E-state index in [0.29, 0.717) is 13.2 Å². The average Bonchev–Trinajstić information content (AvgIpc) is 2.75. The van der Waals surface area contributed by atoms with Gasteiger partial charge in [-0.2, -0.15) is 0 Å². The summed E-state index contributed by atoms with van der Waals surface area (Å²) in [6.07, 6.45) is 0. The summed E-state index contributed by atoms with van der Waals surface area (Å²) in [6, 6.07) is 7.93. The number of thiophene rings is 1. The van der Waals surface area contributed by atoms with Gasteiger partial charge in [-0.15, -0.1) is 11.3 Å². The van der Waals surface area contributed by atoms with Gasteiger partial charge in [0.25, 0.3) is 0 Å². The van der Waals surface area contributed by atoms with Crippen LogP contribution in [0.15, 0.2) is 29.6 Å². The van der Waals surface area contributed by atoms with Crippen LogP contribution in [-0.4, -0.2) is 13.2 Å². The zero-order valence-corrected chi connectivity index (χ0v) is 9.42. The maximum Gasteiger partial charge on any atom is 0.161 e. The fraction of sp³-hybridized carbons (Fsp3) is 0.167. The maximum absolute atomic E-state index is 5.72. The van der Waals surface area contributed by atoms with Crippen molar-refractivity contribution in [2.75, 3.05) is 18.9 Å². The Morgan fingerprint density at radius 2 is 1.81 bits per heavy atom. The third-order valence-corrected chi connectivity index (χ3v) is 3.26. The van der Waals surface area contributed by atoms with Crippen molar-refractivity contribution in [1.82, 2.24) is 0 Å². The van der Waals surface area contributed by atoms with Gasteiger partial charge in [-0.25, -0.2) is 0 Å². The van der Waals surface area contributed by atoms with Gasteiger partial charge in [0.2, 0.25) is 0 Å². The second kappa shape index (κ2) is 3.72. The van der Waals surface area contributed by atoms with Crippen molar-refractivity contribution in [3.63, 3.8) is 0 Å². The summed E-state index contributed by atoms with van der Waals surface area (Å²) in [7, 11) is 0. The van der Waals surface area contributed by atoms with Gasteiger partial charge in [-0.05, 0) is 29.3 Å². The molecule has 3 nitrogen and oxygen atoms in total. The molecule has 3 rings (SSSR count). The van der Waals surface area contributed by atoms with Crippen LogP contribution in [-0.2, 0) is 0 Å². The number of fused-ring (bicyclic) bond motifs is 1. The molecule has 2 heterocycles. The van der Waals surface area contributed by atoms with E-state index in [1.54, 1.807) is 11.3 Å². The van der Waals surface area contributed by atoms with E-state index in [-0.39, 0.29) is 0 Å². The fourth-order valence-corrected chi connectivity index (χ4v) is 2.39. The third-order valence-electron chi connectivity index (χ3n) is 2.50. The number of benzene rings is 1. The molecular formula is C12H11NO2S. The van der Waals surface area contributed by atoms with Crippen molar-refractivity contribution in [2.45, 2.75) is 0 Å². The molecule has 0 radical (unpaired) electrons. The van der Waals surface area contributed by atoms with Crippen molar-refractivity contribution in [1.29, 1.82) is 0 Å². The Bertz CT molecular complexity index is 521. The normalized spacial score (nSPS) is 13.8. The molecule has 0 saturated heterocycles. The number of rotatable bonds is 1. The standard InChI is InChI=1S/C12H11NO2S/c13-12-6-9(7-16-12)8-1-2-10-11(5-8)15-4-3-14-10/h1-2,5-7H,3-4,13H2. The predicted octanol–water partition coefficient (Wildman–Crippen LogP) is 2.77. The van der Waals surface area contributed by atoms with E-state index < -0.39 is 0 Å². The Morgan fingerprint density at radius 3 is 2.56 bits per heavy atom. The van der Waals surface area contributed by atoms with E-state index in [2.05, 4.69) is 0 Å². The highest BCUT2D eigenvalue weighted by Crippen LogP contribution is 2.36. The lowest BCUT2D eigenvalue weighted by molar-refractivity contribution is 0.171. The minimum Gasteiger partial charge on any atom is -0.486 e. The predicted molar refractivity (Wildman–Crippen MR) is 65.2 cm³/mol. The minimum atomic E-state index is 0.613. The molecule has 1 aliphatic heterocycles. The van der Waals surface area contributed by atoms with Gasteiger partial charge in [0.1, 0.15) is 13.2 Å². The van der Waals surface area contributed by atoms with Gasteiger partial charge in [0.05, 0.1) is 5.00 Å². The molecule has 0 fully saturated rings. The number of nitrogen functional groups attached to an aromatic ring is 1. The van der Waals surface area contributed by atoms with Crippen LogP contribution < -0.4 is 15.2 Å². The number of hydrogen-bond acceptors (Lipinski definition) is 4. The largest absolute Gasteiger partial charge is 0.486 e. The Hall–Kier alpha value is -1.68. The molecule has 82 valence electrons. The molecule has 16 heavy (non-hydrogen) atoms. The first-order valence-corrected chi connectivity index (χ1v) is 5.95. The minimum absolute atomic E-state index is 0.613. The molecule has 0 amide bonds. The fourth-order valence-electron chi connectivity index (χ4n) is 1.73. The summed E-state index contributed by atoms with van der Waals surface area (Å²) in [4.78, 5) is 0. The average molecular weight is 233 g/mol. The van der Waals surface area contributed by atoms with Gasteiger partial charge < -0.3 is 15.2 Å². The summed E-state index contributed by atoms with van der Waals surface area (Å²) >= 11 is 1.54. The Morgan fingerprint density at radius 1 is 1.00 bits per heavy atom. The van der Waals surface area contributed by atoms with E-state index in [0.717, 1.165) is 27.6 Å². The van der Waals surface area contributed by atoms with Crippen LogP contribution in [0.3, 0.4) is 0 Å². The van der Waals surface area contributed by atoms with Crippen molar-refractivity contribution >= 4 is 16.3 Å². The van der Waals surface area contributed by atoms with E-state index in [1.807, 2.05) is 29.6 Å². The van der Waals surface area contributed by atoms with E-state index >= 15 is 0 Å². The smallest absolute Gasteiger partial charge is 0.161 e. The summed E-state index contributed by atoms with van der Waals surface area (Å²) in [5.74, 6) is 1.63. The van der Waals surface area contributed by atoms with Crippen molar-refractivity contribution in [3.05, 3.63) is 29.6 Å². The van der Waals surface area contributed by atoms with Crippen LogP contribution in [0.2, 0.25) is 0 Å². The van der Waals surface area contributed by atoms with Crippen molar-refractivity contribution in [2.24, 2.45) is 0 Å². The molecule has 0 atom stereocenters. The monoisotopic (exact) mass is 233 g/mol. The van der Waals surface area contributed by atoms with Gasteiger partial charge >= 0.3 is 0 Å². The first-order chi connectivity index (χ1) is 7.83. The zero-order chi connectivity index (χ0) is 11.0. The lowest BCUT2D eigenvalue weighted by Gasteiger charge is -2.18. The molecule has 2 aromatic rings. The highest BCUT2D eigenvalue weighted by molar-refractivity contribution is 7.14. The maximum atomic E-state index is 5.72. The molecular weight excluding hydrogens is 222 g/mol. The molecule has 2 N–H and O–H groups in total. The van der Waals surface area contributed by atoms with E-state index in [4.69, 9.17) is 15.2 Å². The van der Waals surface area contributed by atoms with Crippen LogP contribution >= 0.6 is 11.3 Å². The van der Waals surface area contributed by atoms with Crippen LogP contribution in [0.4, 0.5) is 5.00 Å². The first-order valence-electron chi connectivity index (χ1n) is 5.07. The quantitative estimate of drug-likeness (QED) is 0.823. The summed E-state index contributed by atoms with van der Waals surface area (Å²) in [5, 5.41) is 2.87. The molecule has 0 spiro atoms. The van der Waals surface area contributed by atoms with Gasteiger partial charge in [0, 0.05) is 5.38 Å². The summed E-state index contributed by atoms with van der Waals surface area (Å²) in [5.41, 5.74) is 7.95. The van der Waals surface area contributed by atoms with Crippen LogP contribution in [0.5, 0.6) is 11.5 Å². The number of hydrogen-bond donors (Lipinski definition) is 1. The number of nitrogens with two attached hydrogens (primary N) is 1. The van der Waals surface area contributed by atoms with Gasteiger partial charge in [0.15, 0.2) is 11.5 Å². The van der Waals surface area contributed by atoms with Crippen molar-refractivity contribution in [3.8, 4) is 22.6 Å². The Labute approximate surface area is 97.4 Å². The molecule has 1 aromatic carbocycles. The van der Waals surface area contributed by atoms with Gasteiger partial charge in [-0.3, -0.25) is 0 Å². The van der Waals surface area contributed by atoms with Crippen LogP contribution in [0.25, 0.3) is 11.1 Å². The zero-order valence-electron chi connectivity index (χ0n) is 8.60. The summed E-state index contributed by atoms with van der Waals surface area (Å²) in [6.45, 7) is 1.24. The van der Waals surface area contributed by atoms with Crippen LogP contribution in [0.1, 0.15) is 0 Å². The lowest BCUT2D eigenvalue weighted by atomic mass is 10.1. The molecule has 1 aliphatic rings. The molecule has 4 heteroatoms. The first kappa shape index (κ1) is 9.54. The van der Waals surface area contributed by atoms with Crippen molar-refractivity contribution < 1.29 is 9.47 Å². The second-order valence-electron chi connectivity index (χ2n) is 3.60. The second-order valence-corrected chi connectivity index (χ2v) is 4.54. The SMILES string of the molecule is Nc1cc(-c2ccc3c(c2)OCCO3)cs1. The molecule has 0 bridgehead atoms.